The van der Waals surface area contributed by atoms with E-state index in [4.69, 9.17) is 73.2 Å². The Balaban J connectivity index is 0.000000224. The van der Waals surface area contributed by atoms with E-state index in [1.807, 2.05) is 60.6 Å². The summed E-state index contributed by atoms with van der Waals surface area (Å²) in [5, 5.41) is 15.5. The van der Waals surface area contributed by atoms with Gasteiger partial charge in [-0.3, -0.25) is 0 Å². The summed E-state index contributed by atoms with van der Waals surface area (Å²) in [5.74, 6) is 4.35. The molecule has 0 bridgehead atoms. The molecule has 0 amide bonds. The Bertz CT molecular complexity index is 4470. The van der Waals surface area contributed by atoms with E-state index in [9.17, 15) is 0 Å². The first kappa shape index (κ1) is 71.2. The van der Waals surface area contributed by atoms with Crippen molar-refractivity contribution in [3.05, 3.63) is 95.9 Å². The van der Waals surface area contributed by atoms with Gasteiger partial charge in [0, 0.05) is 181 Å². The van der Waals surface area contributed by atoms with Gasteiger partial charge in [0.15, 0.2) is 0 Å². The van der Waals surface area contributed by atoms with E-state index in [0.717, 1.165) is 133 Å². The number of hydrogen-bond donors (Lipinski definition) is 3. The fourth-order valence-electron chi connectivity index (χ4n) is 8.39. The van der Waals surface area contributed by atoms with Gasteiger partial charge >= 0.3 is 0 Å². The summed E-state index contributed by atoms with van der Waals surface area (Å²) < 4.78 is 22.1. The van der Waals surface area contributed by atoms with Crippen molar-refractivity contribution < 1.29 is 18.5 Å². The average Bonchev–Trinajstić information content (AvgIpc) is 2.99. The third kappa shape index (κ3) is 17.4. The number of rotatable bonds is 6. The first-order valence-electron chi connectivity index (χ1n) is 24.4. The summed E-state index contributed by atoms with van der Waals surface area (Å²) in [4.78, 5) is 35.5. The predicted molar refractivity (Wildman–Crippen MR) is 388 cm³/mol. The van der Waals surface area contributed by atoms with Crippen LogP contribution in [0, 0.1) is 55.4 Å². The molecule has 8 heterocycles. The van der Waals surface area contributed by atoms with Crippen LogP contribution in [0.5, 0.6) is 11.5 Å². The molecule has 0 atom stereocenters. The van der Waals surface area contributed by atoms with E-state index < -0.39 is 0 Å². The zero-order chi connectivity index (χ0) is 59.8. The minimum Gasteiger partial charge on any atom is -0.496 e. The first-order chi connectivity index (χ1) is 38.9. The van der Waals surface area contributed by atoms with Crippen LogP contribution in [-0.4, -0.2) is 64.4 Å². The van der Waals surface area contributed by atoms with Gasteiger partial charge in [0.25, 0.3) is 0 Å². The Kier molecular flexibility index (Phi) is 26.7. The Labute approximate surface area is 544 Å². The number of aromatic nitrogens is 10. The Morgan fingerprint density at radius 2 is 0.976 bits per heavy atom. The average molecular weight is 1440 g/mol. The second-order valence-electron chi connectivity index (χ2n) is 20.0. The predicted octanol–water partition coefficient (Wildman–Crippen LogP) is 14.3. The van der Waals surface area contributed by atoms with E-state index in [-0.39, 0.29) is 25.7 Å². The maximum absolute atomic E-state index is 6.33. The molecule has 0 saturated carbocycles. The molecule has 15 nitrogen and oxygen atoms in total. The minimum absolute atomic E-state index is 0. The van der Waals surface area contributed by atoms with Crippen molar-refractivity contribution in [2.45, 2.75) is 129 Å². The van der Waals surface area contributed by atoms with Crippen molar-refractivity contribution in [2.75, 3.05) is 20.0 Å². The second-order valence-corrected chi connectivity index (χ2v) is 41.9. The van der Waals surface area contributed by atoms with Gasteiger partial charge in [-0.2, -0.15) is 0 Å². The van der Waals surface area contributed by atoms with Crippen LogP contribution in [0.3, 0.4) is 0 Å². The number of hydrogen-bond acceptors (Lipinski definition) is 17. The van der Waals surface area contributed by atoms with Crippen LogP contribution in [0.2, 0.25) is 5.15 Å². The highest BCUT2D eigenvalue weighted by atomic mass is 35.5. The Morgan fingerprint density at radius 3 is 1.36 bits per heavy atom. The molecule has 84 heavy (non-hydrogen) atoms. The molecule has 10 aromatic rings. The number of halogens is 1. The summed E-state index contributed by atoms with van der Waals surface area (Å²) in [6.07, 6.45) is 0.709. The summed E-state index contributed by atoms with van der Waals surface area (Å²) in [5.41, 5.74) is 17.7. The van der Waals surface area contributed by atoms with E-state index >= 15 is 0 Å². The summed E-state index contributed by atoms with van der Waals surface area (Å²) >= 11 is 19.1. The third-order valence-electron chi connectivity index (χ3n) is 12.0. The Morgan fingerprint density at radius 1 is 0.560 bits per heavy atom. The lowest BCUT2D eigenvalue weighted by molar-refractivity contribution is 0.393. The largest absolute Gasteiger partial charge is 0.496 e. The minimum atomic E-state index is 0. The number of ether oxygens (including phenoxy) is 2. The molecule has 0 aliphatic heterocycles. The van der Waals surface area contributed by atoms with Crippen molar-refractivity contribution in [1.29, 1.82) is 0 Å². The van der Waals surface area contributed by atoms with Gasteiger partial charge in [0.1, 0.15) is 61.1 Å². The molecular weight excluding hydrogens is 1370 g/mol. The molecule has 0 aliphatic carbocycles. The number of nitrogens with two attached hydrogens (primary N) is 1. The molecule has 4 N–H and O–H groups in total. The van der Waals surface area contributed by atoms with E-state index in [1.165, 1.54) is 22.6 Å². The number of H-pyrrole nitrogens is 2. The summed E-state index contributed by atoms with van der Waals surface area (Å²) in [6.45, 7) is 28.5. The topological polar surface area (TPSA) is 205 Å². The smallest absolute Gasteiger partial charge is 0.143 e. The number of methoxy groups -OCH3 is 2. The molecule has 454 valence electrons. The van der Waals surface area contributed by atoms with Crippen molar-refractivity contribution in [3.63, 3.8) is 0 Å². The van der Waals surface area contributed by atoms with Crippen LogP contribution in [0.15, 0.2) is 33.3 Å². The number of anilines is 1. The molecule has 0 unspecified atom stereocenters. The standard InChI is InChI=1S/C26H29N5O2S.C17H15ClN4O2.C8H14N2S.2CH4.S13/c1-12-21(34-25(27-12)26(5,6)7)11-19-23-16-10-20(32-8)17(22-13(2)31-33-14(22)3)9-18(16)30-24(23)29-15(4)28-19;1-7-14(8(2)24-22-7)11-5-12-10(6-13(11)23-4)15-16(18)19-9(3)20-17(15)21-12;1-5-6(9)11-7(10-5)8(2,3)4;;;1-3-5-7-9-11-13-12-10-8-6-4-2/h9-10H,11H2,1-8H3,(H,28,29,30);5-6H,1-4H3,(H,19,20,21);9H2,1-4H3;2*1H4;. The first-order valence-corrected chi connectivity index (χ1v) is 42.5. The van der Waals surface area contributed by atoms with Crippen LogP contribution < -0.4 is 15.2 Å². The van der Waals surface area contributed by atoms with Crippen molar-refractivity contribution in [1.82, 2.24) is 50.2 Å². The van der Waals surface area contributed by atoms with E-state index in [2.05, 4.69) is 95.8 Å². The summed E-state index contributed by atoms with van der Waals surface area (Å²) in [6, 6.07) is 8.11. The molecule has 0 saturated heterocycles. The number of aryl methyl sites for hydroxylation is 8. The number of nitrogens with one attached hydrogen (secondary N) is 2. The van der Waals surface area contributed by atoms with Crippen LogP contribution in [0.4, 0.5) is 5.00 Å². The highest BCUT2D eigenvalue weighted by molar-refractivity contribution is 8.75. The van der Waals surface area contributed by atoms with Gasteiger partial charge in [-0.25, -0.2) is 29.9 Å². The van der Waals surface area contributed by atoms with Crippen LogP contribution in [-0.2, 0) is 137 Å². The van der Waals surface area contributed by atoms with Crippen LogP contribution >= 0.6 is 34.3 Å². The fourth-order valence-corrected chi connectivity index (χ4v) is 35.4. The quantitative estimate of drug-likeness (QED) is 0.132. The number of aromatic amines is 2. The van der Waals surface area contributed by atoms with Gasteiger partial charge in [0.05, 0.1) is 64.2 Å². The molecule has 10 rings (SSSR count). The lowest BCUT2D eigenvalue weighted by atomic mass is 9.98. The SMILES string of the molecule is C.C.COc1cc2c(cc1-c1c(C)noc1C)[nH]c1nc(C)nc(Cc3sc(C(C)(C)C)nc3C)c12.COc1cc2c(cc1-c1c(C)noc1C)[nH]c1nc(C)nc(Cl)c12.Cc1nc(C(C)(C)C)sc1N.S=S=S=S=S=S=S=S=S=S=S=S=S. The molecular formula is C53H66ClN11O4S15. The number of nitrogens with zero attached hydrogens (tertiary/aromatic N) is 8. The maximum Gasteiger partial charge on any atom is 0.143 e. The number of benzene rings is 2. The van der Waals surface area contributed by atoms with Gasteiger partial charge in [-0.1, -0.05) is 78.3 Å². The van der Waals surface area contributed by atoms with Gasteiger partial charge < -0.3 is 34.2 Å². The molecule has 31 heteroatoms. The number of fused-ring (bicyclic) bond motifs is 6. The lowest BCUT2D eigenvalue weighted by Crippen LogP contribution is -2.10. The van der Waals surface area contributed by atoms with Gasteiger partial charge in [0.2, 0.25) is 0 Å². The van der Waals surface area contributed by atoms with E-state index in [1.54, 1.807) is 117 Å². The van der Waals surface area contributed by atoms with Gasteiger partial charge in [-0.15, -0.1) is 22.7 Å². The van der Waals surface area contributed by atoms with Crippen LogP contribution in [0.1, 0.15) is 123 Å². The van der Waals surface area contributed by atoms with Gasteiger partial charge in [-0.05, 0) is 79.7 Å². The third-order valence-corrected chi connectivity index (χ3v) is 37.5. The summed E-state index contributed by atoms with van der Waals surface area (Å²) in [7, 11) is 21.4. The van der Waals surface area contributed by atoms with Crippen LogP contribution in [0.25, 0.3) is 66.1 Å². The van der Waals surface area contributed by atoms with Crippen molar-refractivity contribution >= 4 is 203 Å². The fraction of sp³-hybridized carbons (Fsp3) is 0.396. The lowest BCUT2D eigenvalue weighted by Gasteiger charge is -2.13. The number of nitrogen functional groups attached to an aromatic ring is 1. The molecule has 0 spiro atoms. The van der Waals surface area contributed by atoms with E-state index in [0.29, 0.717) is 23.0 Å². The zero-order valence-corrected chi connectivity index (χ0v) is 60.3. The van der Waals surface area contributed by atoms with Crippen molar-refractivity contribution in [2.24, 2.45) is 0 Å². The zero-order valence-electron chi connectivity index (χ0n) is 47.3. The Hall–Kier alpha value is -3.57. The molecule has 8 aromatic heterocycles. The van der Waals surface area contributed by atoms with Crippen molar-refractivity contribution in [3.8, 4) is 33.8 Å². The highest BCUT2D eigenvalue weighted by Crippen LogP contribution is 2.43. The number of thiazole rings is 2. The highest BCUT2D eigenvalue weighted by Gasteiger charge is 2.25. The molecule has 2 aromatic carbocycles. The normalized spacial score (nSPS) is 10.9. The maximum atomic E-state index is 6.33. The molecule has 0 radical (unpaired) electrons. The second kappa shape index (κ2) is 31.6. The molecule has 0 aliphatic rings. The molecule has 0 fully saturated rings. The monoisotopic (exact) mass is 1440 g/mol.